The van der Waals surface area contributed by atoms with E-state index in [1.54, 1.807) is 37.3 Å². The number of nitro benzene ring substituents is 1. The van der Waals surface area contributed by atoms with Gasteiger partial charge >= 0.3 is 0 Å². The van der Waals surface area contributed by atoms with Gasteiger partial charge in [0.2, 0.25) is 0 Å². The van der Waals surface area contributed by atoms with E-state index < -0.39 is 14.9 Å². The zero-order chi connectivity index (χ0) is 21.6. The van der Waals surface area contributed by atoms with Crippen molar-refractivity contribution in [1.29, 1.82) is 0 Å². The van der Waals surface area contributed by atoms with Crippen molar-refractivity contribution in [2.24, 2.45) is 5.92 Å². The second-order valence-electron chi connectivity index (χ2n) is 7.09. The molecule has 2 N–H and O–H groups in total. The predicted molar refractivity (Wildman–Crippen MR) is 114 cm³/mol. The Morgan fingerprint density at radius 1 is 1.17 bits per heavy atom. The lowest BCUT2D eigenvalue weighted by Crippen LogP contribution is -2.31. The Hall–Kier alpha value is -2.65. The first-order valence-electron chi connectivity index (χ1n) is 9.44. The lowest BCUT2D eigenvalue weighted by Gasteiger charge is -2.23. The van der Waals surface area contributed by atoms with E-state index in [-0.39, 0.29) is 41.4 Å². The fraction of sp³-hybridized carbons (Fsp3) is 0.400. The molecule has 2 rings (SSSR count). The molecule has 0 saturated carbocycles. The van der Waals surface area contributed by atoms with Gasteiger partial charge in [-0.3, -0.25) is 14.4 Å². The van der Waals surface area contributed by atoms with Crippen molar-refractivity contribution in [3.63, 3.8) is 0 Å². The molecule has 8 nitrogen and oxygen atoms in total. The minimum Gasteiger partial charge on any atom is -0.394 e. The Labute approximate surface area is 171 Å². The van der Waals surface area contributed by atoms with Crippen LogP contribution in [0.1, 0.15) is 27.2 Å². The molecule has 0 amide bonds. The van der Waals surface area contributed by atoms with Crippen molar-refractivity contribution in [1.82, 2.24) is 0 Å². The van der Waals surface area contributed by atoms with Crippen LogP contribution in [0.15, 0.2) is 53.4 Å². The van der Waals surface area contributed by atoms with Gasteiger partial charge in [-0.1, -0.05) is 32.0 Å². The van der Waals surface area contributed by atoms with Crippen molar-refractivity contribution >= 4 is 27.1 Å². The number of hydrogen-bond acceptors (Lipinski definition) is 6. The molecule has 2 aromatic carbocycles. The van der Waals surface area contributed by atoms with Crippen molar-refractivity contribution in [2.75, 3.05) is 22.8 Å². The average Bonchev–Trinajstić information content (AvgIpc) is 2.68. The molecular weight excluding hydrogens is 394 g/mol. The maximum Gasteiger partial charge on any atom is 0.293 e. The highest BCUT2D eigenvalue weighted by Gasteiger charge is 2.27. The Morgan fingerprint density at radius 3 is 2.34 bits per heavy atom. The highest BCUT2D eigenvalue weighted by molar-refractivity contribution is 7.92. The summed E-state index contributed by atoms with van der Waals surface area (Å²) in [5, 5.41) is 24.1. The minimum atomic E-state index is -3.98. The topological polar surface area (TPSA) is 113 Å². The predicted octanol–water partition coefficient (Wildman–Crippen LogP) is 3.63. The van der Waals surface area contributed by atoms with Crippen LogP contribution >= 0.6 is 0 Å². The number of sulfonamides is 1. The summed E-state index contributed by atoms with van der Waals surface area (Å²) >= 11 is 0. The van der Waals surface area contributed by atoms with E-state index >= 15 is 0 Å². The average molecular weight is 422 g/mol. The van der Waals surface area contributed by atoms with E-state index in [9.17, 15) is 23.6 Å². The van der Waals surface area contributed by atoms with Crippen molar-refractivity contribution in [2.45, 2.75) is 38.1 Å². The Morgan fingerprint density at radius 2 is 1.83 bits per heavy atom. The fourth-order valence-electron chi connectivity index (χ4n) is 3.13. The van der Waals surface area contributed by atoms with E-state index in [4.69, 9.17) is 0 Å². The number of anilines is 2. The third-order valence-corrected chi connectivity index (χ3v) is 6.32. The minimum absolute atomic E-state index is 0.162. The highest BCUT2D eigenvalue weighted by atomic mass is 32.2. The van der Waals surface area contributed by atoms with Crippen LogP contribution in [0.5, 0.6) is 0 Å². The summed E-state index contributed by atoms with van der Waals surface area (Å²) in [7, 11) is -3.98. The monoisotopic (exact) mass is 421 g/mol. The van der Waals surface area contributed by atoms with Gasteiger partial charge in [0.1, 0.15) is 5.69 Å². The molecule has 0 aromatic heterocycles. The lowest BCUT2D eigenvalue weighted by molar-refractivity contribution is -0.384. The summed E-state index contributed by atoms with van der Waals surface area (Å²) in [6.07, 6.45) is 0.616. The molecule has 9 heteroatoms. The van der Waals surface area contributed by atoms with Crippen LogP contribution in [0.3, 0.4) is 0 Å². The molecule has 0 radical (unpaired) electrons. The van der Waals surface area contributed by atoms with Gasteiger partial charge in [0, 0.05) is 18.7 Å². The first kappa shape index (κ1) is 22.6. The molecule has 0 saturated heterocycles. The molecular formula is C20H27N3O5S. The highest BCUT2D eigenvalue weighted by Crippen LogP contribution is 2.31. The summed E-state index contributed by atoms with van der Waals surface area (Å²) in [5.74, 6) is 0.280. The quantitative estimate of drug-likeness (QED) is 0.447. The normalized spacial score (nSPS) is 12.6. The molecule has 2 aromatic rings. The lowest BCUT2D eigenvalue weighted by atomic mass is 10.0. The first-order valence-corrected chi connectivity index (χ1v) is 10.9. The SMILES string of the molecule is CCN(c1ccccc1)S(=O)(=O)c1ccc(NC(CO)CC(C)C)c([N+](=O)[O-])c1. The van der Waals surface area contributed by atoms with E-state index in [2.05, 4.69) is 5.32 Å². The number of hydrogen-bond donors (Lipinski definition) is 2. The smallest absolute Gasteiger partial charge is 0.293 e. The molecule has 158 valence electrons. The van der Waals surface area contributed by atoms with Crippen molar-refractivity contribution in [3.05, 3.63) is 58.6 Å². The number of aliphatic hydroxyl groups excluding tert-OH is 1. The zero-order valence-electron chi connectivity index (χ0n) is 16.8. The van der Waals surface area contributed by atoms with Crippen LogP contribution in [0.2, 0.25) is 0 Å². The summed E-state index contributed by atoms with van der Waals surface area (Å²) < 4.78 is 27.4. The number of nitro groups is 1. The maximum absolute atomic E-state index is 13.1. The summed E-state index contributed by atoms with van der Waals surface area (Å²) in [4.78, 5) is 10.8. The van der Waals surface area contributed by atoms with Crippen LogP contribution in [0, 0.1) is 16.0 Å². The molecule has 1 atom stereocenters. The number of para-hydroxylation sites is 1. The molecule has 0 fully saturated rings. The Bertz CT molecular complexity index is 932. The molecule has 1 unspecified atom stereocenters. The van der Waals surface area contributed by atoms with E-state index in [0.29, 0.717) is 12.1 Å². The van der Waals surface area contributed by atoms with Gasteiger partial charge in [-0.25, -0.2) is 8.42 Å². The fourth-order valence-corrected chi connectivity index (χ4v) is 4.62. The molecule has 29 heavy (non-hydrogen) atoms. The molecule has 0 aliphatic heterocycles. The van der Waals surface area contributed by atoms with Gasteiger partial charge in [-0.15, -0.1) is 0 Å². The molecule has 0 aliphatic rings. The van der Waals surface area contributed by atoms with E-state index in [0.717, 1.165) is 6.07 Å². The van der Waals surface area contributed by atoms with Gasteiger partial charge in [-0.2, -0.15) is 0 Å². The summed E-state index contributed by atoms with van der Waals surface area (Å²) in [5.41, 5.74) is 0.311. The number of nitrogens with zero attached hydrogens (tertiary/aromatic N) is 2. The summed E-state index contributed by atoms with van der Waals surface area (Å²) in [6, 6.07) is 12.0. The van der Waals surface area contributed by atoms with Crippen LogP contribution in [-0.2, 0) is 10.0 Å². The summed E-state index contributed by atoms with van der Waals surface area (Å²) in [6.45, 7) is 5.66. The zero-order valence-corrected chi connectivity index (χ0v) is 17.6. The molecule has 0 heterocycles. The number of nitrogens with one attached hydrogen (secondary N) is 1. The maximum atomic E-state index is 13.1. The first-order chi connectivity index (χ1) is 13.7. The van der Waals surface area contributed by atoms with E-state index in [1.807, 2.05) is 13.8 Å². The third-order valence-electron chi connectivity index (χ3n) is 4.42. The number of benzene rings is 2. The second-order valence-corrected chi connectivity index (χ2v) is 8.96. The second kappa shape index (κ2) is 9.71. The standard InChI is InChI=1S/C20H27N3O5S/c1-4-22(17-8-6-5-7-9-17)29(27,28)18-10-11-19(20(13-18)23(25)26)21-16(14-24)12-15(2)3/h5-11,13,15-16,21,24H,4,12,14H2,1-3H3. The van der Waals surface area contributed by atoms with Gasteiger partial charge < -0.3 is 10.4 Å². The Kier molecular flexibility index (Phi) is 7.58. The van der Waals surface area contributed by atoms with Crippen LogP contribution < -0.4 is 9.62 Å². The molecule has 0 aliphatic carbocycles. The number of rotatable bonds is 10. The van der Waals surface area contributed by atoms with Crippen LogP contribution in [0.25, 0.3) is 0 Å². The largest absolute Gasteiger partial charge is 0.394 e. The van der Waals surface area contributed by atoms with Crippen molar-refractivity contribution in [3.8, 4) is 0 Å². The number of aliphatic hydroxyl groups is 1. The van der Waals surface area contributed by atoms with Gasteiger partial charge in [0.15, 0.2) is 0 Å². The Balaban J connectivity index is 2.44. The van der Waals surface area contributed by atoms with E-state index in [1.165, 1.54) is 16.4 Å². The third kappa shape index (κ3) is 5.45. The molecule has 0 bridgehead atoms. The van der Waals surface area contributed by atoms with Gasteiger partial charge in [0.25, 0.3) is 15.7 Å². The van der Waals surface area contributed by atoms with Gasteiger partial charge in [-0.05, 0) is 43.5 Å². The van der Waals surface area contributed by atoms with Crippen LogP contribution in [0.4, 0.5) is 17.1 Å². The van der Waals surface area contributed by atoms with Crippen LogP contribution in [-0.4, -0.2) is 37.6 Å². The van der Waals surface area contributed by atoms with Crippen molar-refractivity contribution < 1.29 is 18.4 Å². The molecule has 0 spiro atoms. The van der Waals surface area contributed by atoms with Gasteiger partial charge in [0.05, 0.1) is 22.1 Å².